The molecule has 0 fully saturated rings. The van der Waals surface area contributed by atoms with Crippen LogP contribution in [0.4, 0.5) is 0 Å². The number of benzene rings is 1. The van der Waals surface area contributed by atoms with Crippen LogP contribution in [0.15, 0.2) is 30.5 Å². The number of rotatable bonds is 2. The summed E-state index contributed by atoms with van der Waals surface area (Å²) in [6.45, 7) is 0. The molecule has 2 heterocycles. The van der Waals surface area contributed by atoms with E-state index in [9.17, 15) is 4.79 Å². The van der Waals surface area contributed by atoms with Crippen LogP contribution >= 0.6 is 11.6 Å². The summed E-state index contributed by atoms with van der Waals surface area (Å²) in [6.07, 6.45) is 1.91. The van der Waals surface area contributed by atoms with Gasteiger partial charge in [-0.2, -0.15) is 5.10 Å². The molecule has 0 unspecified atom stereocenters. The van der Waals surface area contributed by atoms with Crippen molar-refractivity contribution in [2.75, 3.05) is 0 Å². The third-order valence-corrected chi connectivity index (χ3v) is 3.27. The second-order valence-corrected chi connectivity index (χ2v) is 4.72. The molecule has 19 heavy (non-hydrogen) atoms. The Balaban J connectivity index is 2.22. The lowest BCUT2D eigenvalue weighted by molar-refractivity contribution is 0.0690. The molecule has 6 heteroatoms. The van der Waals surface area contributed by atoms with Crippen LogP contribution in [0.25, 0.3) is 22.2 Å². The molecule has 0 aliphatic carbocycles. The van der Waals surface area contributed by atoms with Crippen LogP contribution in [0.1, 0.15) is 10.5 Å². The Hall–Kier alpha value is -2.27. The van der Waals surface area contributed by atoms with Crippen molar-refractivity contribution in [3.63, 3.8) is 0 Å². The van der Waals surface area contributed by atoms with E-state index in [1.807, 2.05) is 29.9 Å². The molecule has 3 aromatic rings. The fourth-order valence-corrected chi connectivity index (χ4v) is 2.30. The average Bonchev–Trinajstić information content (AvgIpc) is 2.95. The monoisotopic (exact) mass is 275 g/mol. The van der Waals surface area contributed by atoms with E-state index < -0.39 is 5.97 Å². The van der Waals surface area contributed by atoms with Crippen LogP contribution in [0, 0.1) is 0 Å². The molecule has 3 rings (SSSR count). The summed E-state index contributed by atoms with van der Waals surface area (Å²) in [5, 5.41) is 17.1. The van der Waals surface area contributed by atoms with Crippen LogP contribution in [0.5, 0.6) is 0 Å². The Labute approximate surface area is 113 Å². The molecule has 2 N–H and O–H groups in total. The maximum absolute atomic E-state index is 10.9. The number of carboxylic acids is 1. The van der Waals surface area contributed by atoms with Crippen molar-refractivity contribution in [2.45, 2.75) is 0 Å². The molecule has 2 aromatic heterocycles. The summed E-state index contributed by atoms with van der Waals surface area (Å²) >= 11 is 5.98. The molecule has 0 aliphatic heterocycles. The largest absolute Gasteiger partial charge is 0.477 e. The number of H-pyrrole nitrogens is 1. The van der Waals surface area contributed by atoms with E-state index >= 15 is 0 Å². The molecule has 0 saturated carbocycles. The van der Waals surface area contributed by atoms with Crippen LogP contribution in [0.2, 0.25) is 5.02 Å². The molecule has 0 atom stereocenters. The number of aryl methyl sites for hydroxylation is 1. The van der Waals surface area contributed by atoms with Crippen molar-refractivity contribution in [1.29, 1.82) is 0 Å². The zero-order chi connectivity index (χ0) is 13.6. The second kappa shape index (κ2) is 4.13. The smallest absolute Gasteiger partial charge is 0.353 e. The Bertz CT molecular complexity index is 788. The Kier molecular flexibility index (Phi) is 2.57. The van der Waals surface area contributed by atoms with Crippen molar-refractivity contribution in [1.82, 2.24) is 14.8 Å². The summed E-state index contributed by atoms with van der Waals surface area (Å²) < 4.78 is 1.94. The molecule has 96 valence electrons. The SMILES string of the molecule is Cn1cc(-c2cc(C(=O)O)[nH]n2)c2ccc(Cl)cc21. The molecular formula is C13H10ClN3O2. The number of carboxylic acid groups (broad SMARTS) is 1. The quantitative estimate of drug-likeness (QED) is 0.755. The van der Waals surface area contributed by atoms with Crippen LogP contribution in [0.3, 0.4) is 0 Å². The van der Waals surface area contributed by atoms with E-state index in [0.717, 1.165) is 16.5 Å². The first-order valence-corrected chi connectivity index (χ1v) is 5.97. The number of fused-ring (bicyclic) bond motifs is 1. The van der Waals surface area contributed by atoms with Crippen molar-refractivity contribution < 1.29 is 9.90 Å². The molecule has 0 spiro atoms. The number of aromatic amines is 1. The highest BCUT2D eigenvalue weighted by Crippen LogP contribution is 2.30. The van der Waals surface area contributed by atoms with Gasteiger partial charge in [-0.05, 0) is 18.2 Å². The number of aromatic nitrogens is 3. The summed E-state index contributed by atoms with van der Waals surface area (Å²) in [7, 11) is 1.91. The minimum absolute atomic E-state index is 0.0703. The predicted octanol–water partition coefficient (Wildman–Crippen LogP) is 2.92. The lowest BCUT2D eigenvalue weighted by Gasteiger charge is -1.96. The highest BCUT2D eigenvalue weighted by atomic mass is 35.5. The number of aromatic carboxylic acids is 1. The molecule has 0 aliphatic rings. The van der Waals surface area contributed by atoms with Gasteiger partial charge in [-0.1, -0.05) is 17.7 Å². The zero-order valence-corrected chi connectivity index (χ0v) is 10.8. The molecule has 1 aromatic carbocycles. The van der Waals surface area contributed by atoms with Gasteiger partial charge in [0, 0.05) is 34.7 Å². The first kappa shape index (κ1) is 11.8. The van der Waals surface area contributed by atoms with E-state index in [0.29, 0.717) is 10.7 Å². The highest BCUT2D eigenvalue weighted by Gasteiger charge is 2.14. The maximum Gasteiger partial charge on any atom is 0.353 e. The minimum atomic E-state index is -1.03. The molecule has 0 amide bonds. The highest BCUT2D eigenvalue weighted by molar-refractivity contribution is 6.31. The number of nitrogens with one attached hydrogen (secondary N) is 1. The Morgan fingerprint density at radius 3 is 2.89 bits per heavy atom. The lowest BCUT2D eigenvalue weighted by atomic mass is 10.1. The van der Waals surface area contributed by atoms with E-state index in [1.54, 1.807) is 6.07 Å². The maximum atomic E-state index is 10.9. The number of nitrogens with zero attached hydrogens (tertiary/aromatic N) is 2. The van der Waals surface area contributed by atoms with Gasteiger partial charge in [-0.15, -0.1) is 0 Å². The van der Waals surface area contributed by atoms with Gasteiger partial charge in [0.15, 0.2) is 0 Å². The molecule has 0 bridgehead atoms. The van der Waals surface area contributed by atoms with Crippen LogP contribution in [-0.4, -0.2) is 25.8 Å². The average molecular weight is 276 g/mol. The predicted molar refractivity (Wildman–Crippen MR) is 72.5 cm³/mol. The van der Waals surface area contributed by atoms with Gasteiger partial charge in [0.1, 0.15) is 5.69 Å². The van der Waals surface area contributed by atoms with Gasteiger partial charge in [0.05, 0.1) is 5.69 Å². The van der Waals surface area contributed by atoms with Gasteiger partial charge in [-0.3, -0.25) is 5.10 Å². The summed E-state index contributed by atoms with van der Waals surface area (Å²) in [6, 6.07) is 7.09. The van der Waals surface area contributed by atoms with Gasteiger partial charge < -0.3 is 9.67 Å². The number of hydrogen-bond donors (Lipinski definition) is 2. The van der Waals surface area contributed by atoms with E-state index in [4.69, 9.17) is 16.7 Å². The summed E-state index contributed by atoms with van der Waals surface area (Å²) in [4.78, 5) is 10.9. The van der Waals surface area contributed by atoms with Gasteiger partial charge >= 0.3 is 5.97 Å². The zero-order valence-electron chi connectivity index (χ0n) is 10.0. The third-order valence-electron chi connectivity index (χ3n) is 3.04. The summed E-state index contributed by atoms with van der Waals surface area (Å²) in [5.74, 6) is -1.03. The van der Waals surface area contributed by atoms with E-state index in [2.05, 4.69) is 10.2 Å². The van der Waals surface area contributed by atoms with Gasteiger partial charge in [0.2, 0.25) is 0 Å². The first-order valence-electron chi connectivity index (χ1n) is 5.60. The normalized spacial score (nSPS) is 11.1. The van der Waals surface area contributed by atoms with Crippen molar-refractivity contribution >= 4 is 28.5 Å². The fraction of sp³-hybridized carbons (Fsp3) is 0.0769. The van der Waals surface area contributed by atoms with E-state index in [-0.39, 0.29) is 5.69 Å². The minimum Gasteiger partial charge on any atom is -0.477 e. The Morgan fingerprint density at radius 2 is 2.21 bits per heavy atom. The number of carbonyl (C=O) groups is 1. The fourth-order valence-electron chi connectivity index (χ4n) is 2.13. The topological polar surface area (TPSA) is 70.9 Å². The van der Waals surface area contributed by atoms with Crippen LogP contribution in [-0.2, 0) is 7.05 Å². The van der Waals surface area contributed by atoms with Gasteiger partial charge in [0.25, 0.3) is 0 Å². The Morgan fingerprint density at radius 1 is 1.42 bits per heavy atom. The molecule has 5 nitrogen and oxygen atoms in total. The van der Waals surface area contributed by atoms with Crippen molar-refractivity contribution in [3.8, 4) is 11.3 Å². The standard InChI is InChI=1S/C13H10ClN3O2/c1-17-6-9(8-3-2-7(14)4-12(8)17)10-5-11(13(18)19)16-15-10/h2-6H,1H3,(H,15,16)(H,18,19). The van der Waals surface area contributed by atoms with Crippen LogP contribution < -0.4 is 0 Å². The molecule has 0 radical (unpaired) electrons. The molecule has 0 saturated heterocycles. The van der Waals surface area contributed by atoms with Crippen molar-refractivity contribution in [3.05, 3.63) is 41.2 Å². The van der Waals surface area contributed by atoms with Crippen molar-refractivity contribution in [2.24, 2.45) is 7.05 Å². The van der Waals surface area contributed by atoms with E-state index in [1.165, 1.54) is 6.07 Å². The summed E-state index contributed by atoms with van der Waals surface area (Å²) in [5.41, 5.74) is 2.52. The third kappa shape index (κ3) is 1.88. The van der Waals surface area contributed by atoms with Gasteiger partial charge in [-0.25, -0.2) is 4.79 Å². The number of hydrogen-bond acceptors (Lipinski definition) is 2. The lowest BCUT2D eigenvalue weighted by Crippen LogP contribution is -1.95. The first-order chi connectivity index (χ1) is 9.06. The number of halogens is 1. The second-order valence-electron chi connectivity index (χ2n) is 4.29. The molecular weight excluding hydrogens is 266 g/mol.